The minimum Gasteiger partial charge on any atom is -0.469 e. The Bertz CT molecular complexity index is 808. The van der Waals surface area contributed by atoms with E-state index in [1.165, 1.54) is 13.4 Å². The highest BCUT2D eigenvalue weighted by atomic mass is 32.2. The maximum absolute atomic E-state index is 12.4. The Morgan fingerprint density at radius 2 is 1.96 bits per heavy atom. The van der Waals surface area contributed by atoms with Gasteiger partial charge in [0.2, 0.25) is 0 Å². The van der Waals surface area contributed by atoms with Gasteiger partial charge in [0, 0.05) is 18.0 Å². The molecule has 2 fully saturated rings. The lowest BCUT2D eigenvalue weighted by Gasteiger charge is -2.29. The van der Waals surface area contributed by atoms with Crippen molar-refractivity contribution in [3.05, 3.63) is 29.8 Å². The summed E-state index contributed by atoms with van der Waals surface area (Å²) in [6.07, 6.45) is 4.11. The Kier molecular flexibility index (Phi) is 5.22. The molecule has 0 heterocycles. The predicted octanol–water partition coefficient (Wildman–Crippen LogP) is 1.94. The highest BCUT2D eigenvalue weighted by molar-refractivity contribution is 7.89. The van der Waals surface area contributed by atoms with Crippen LogP contribution in [-0.4, -0.2) is 39.8 Å². The molecule has 4 atom stereocenters. The second kappa shape index (κ2) is 7.26. The van der Waals surface area contributed by atoms with Crippen molar-refractivity contribution in [1.82, 2.24) is 5.32 Å². The molecule has 0 aromatic heterocycles. The molecule has 2 N–H and O–H groups in total. The van der Waals surface area contributed by atoms with Gasteiger partial charge < -0.3 is 15.4 Å². The number of hydrogen-bond donors (Lipinski definition) is 2. The van der Waals surface area contributed by atoms with E-state index in [1.54, 1.807) is 24.3 Å². The number of anilines is 1. The van der Waals surface area contributed by atoms with Crippen molar-refractivity contribution in [2.75, 3.05) is 18.7 Å². The first-order valence-electron chi connectivity index (χ1n) is 8.69. The van der Waals surface area contributed by atoms with Gasteiger partial charge in [0.1, 0.15) is 0 Å². The van der Waals surface area contributed by atoms with E-state index in [2.05, 4.69) is 10.6 Å². The molecule has 142 valence electrons. The average molecular weight is 380 g/mol. The van der Waals surface area contributed by atoms with Gasteiger partial charge in [-0.3, -0.25) is 4.79 Å². The number of methoxy groups -OCH3 is 1. The van der Waals surface area contributed by atoms with Crippen LogP contribution >= 0.6 is 0 Å². The van der Waals surface area contributed by atoms with Crippen LogP contribution in [-0.2, 0) is 25.1 Å². The maximum Gasteiger partial charge on any atom is 0.319 e. The number of carbonyl (C=O) groups excluding carboxylic acids is 2. The van der Waals surface area contributed by atoms with Gasteiger partial charge in [0.05, 0.1) is 18.8 Å². The van der Waals surface area contributed by atoms with Crippen molar-refractivity contribution in [3.8, 4) is 0 Å². The molecule has 26 heavy (non-hydrogen) atoms. The standard InChI is InChI=1S/C18H24N2O5S/c1-25-17(21)15-12-6-7-13(9-12)16(15)20-18(22)19-14-5-3-4-11(8-14)10-26(2,23)24/h3-5,8,12-13,15-16H,6-7,9-10H2,1-2H3,(H2,19,20,22). The summed E-state index contributed by atoms with van der Waals surface area (Å²) in [4.78, 5) is 24.5. The first-order valence-corrected chi connectivity index (χ1v) is 10.7. The zero-order valence-corrected chi connectivity index (χ0v) is 15.7. The number of rotatable bonds is 5. The van der Waals surface area contributed by atoms with Crippen molar-refractivity contribution in [1.29, 1.82) is 0 Å². The van der Waals surface area contributed by atoms with Crippen LogP contribution in [0.25, 0.3) is 0 Å². The first-order chi connectivity index (χ1) is 12.3. The van der Waals surface area contributed by atoms with E-state index in [0.29, 0.717) is 17.2 Å². The second-order valence-corrected chi connectivity index (χ2v) is 9.42. The van der Waals surface area contributed by atoms with E-state index < -0.39 is 15.9 Å². The Hall–Kier alpha value is -2.09. The number of esters is 1. The number of hydrogen-bond acceptors (Lipinski definition) is 5. The number of carbonyl (C=O) groups is 2. The molecular formula is C18H24N2O5S. The molecule has 0 spiro atoms. The summed E-state index contributed by atoms with van der Waals surface area (Å²) in [5.41, 5.74) is 1.12. The molecule has 1 aromatic rings. The lowest BCUT2D eigenvalue weighted by molar-refractivity contribution is -0.148. The van der Waals surface area contributed by atoms with Crippen molar-refractivity contribution in [3.63, 3.8) is 0 Å². The molecule has 4 unspecified atom stereocenters. The summed E-state index contributed by atoms with van der Waals surface area (Å²) < 4.78 is 27.8. The SMILES string of the molecule is COC(=O)C1C2CCC(C2)C1NC(=O)Nc1cccc(CS(C)(=O)=O)c1. The fraction of sp³-hybridized carbons (Fsp3) is 0.556. The van der Waals surface area contributed by atoms with Crippen LogP contribution in [0.4, 0.5) is 10.5 Å². The fourth-order valence-electron chi connectivity index (χ4n) is 4.33. The molecule has 1 aromatic carbocycles. The molecule has 0 aliphatic heterocycles. The highest BCUT2D eigenvalue weighted by Crippen LogP contribution is 2.48. The molecule has 3 rings (SSSR count). The van der Waals surface area contributed by atoms with E-state index in [4.69, 9.17) is 4.74 Å². The minimum absolute atomic E-state index is 0.0824. The van der Waals surface area contributed by atoms with Gasteiger partial charge in [-0.1, -0.05) is 12.1 Å². The highest BCUT2D eigenvalue weighted by Gasteiger charge is 2.52. The van der Waals surface area contributed by atoms with Crippen LogP contribution in [0.2, 0.25) is 0 Å². The summed E-state index contributed by atoms with van der Waals surface area (Å²) in [6, 6.07) is 6.12. The third-order valence-electron chi connectivity index (χ3n) is 5.30. The molecule has 2 aliphatic rings. The zero-order chi connectivity index (χ0) is 18.9. The molecule has 0 saturated heterocycles. The van der Waals surface area contributed by atoms with Gasteiger partial charge in [-0.2, -0.15) is 0 Å². The summed E-state index contributed by atoms with van der Waals surface area (Å²) in [5.74, 6) is -0.0676. The number of nitrogens with one attached hydrogen (secondary N) is 2. The molecule has 7 nitrogen and oxygen atoms in total. The van der Waals surface area contributed by atoms with Crippen molar-refractivity contribution < 1.29 is 22.7 Å². The molecular weight excluding hydrogens is 356 g/mol. The topological polar surface area (TPSA) is 102 Å². The third-order valence-corrected chi connectivity index (χ3v) is 6.16. The number of fused-ring (bicyclic) bond motifs is 2. The molecule has 0 radical (unpaired) electrons. The van der Waals surface area contributed by atoms with Crippen molar-refractivity contribution >= 4 is 27.5 Å². The number of sulfone groups is 1. The quantitative estimate of drug-likeness (QED) is 0.760. The Morgan fingerprint density at radius 1 is 1.23 bits per heavy atom. The van der Waals surface area contributed by atoms with Crippen molar-refractivity contribution in [2.24, 2.45) is 17.8 Å². The number of benzene rings is 1. The van der Waals surface area contributed by atoms with E-state index in [-0.39, 0.29) is 29.6 Å². The predicted molar refractivity (Wildman–Crippen MR) is 97.3 cm³/mol. The summed E-state index contributed by atoms with van der Waals surface area (Å²) >= 11 is 0. The van der Waals surface area contributed by atoms with Crippen LogP contribution in [0.1, 0.15) is 24.8 Å². The van der Waals surface area contributed by atoms with Gasteiger partial charge in [-0.15, -0.1) is 0 Å². The fourth-order valence-corrected chi connectivity index (χ4v) is 5.12. The van der Waals surface area contributed by atoms with E-state index in [1.807, 2.05) is 0 Å². The number of amides is 2. The normalized spacial score (nSPS) is 27.2. The molecule has 8 heteroatoms. The van der Waals surface area contributed by atoms with Crippen LogP contribution in [0.15, 0.2) is 24.3 Å². The van der Waals surface area contributed by atoms with Gasteiger partial charge in [-0.25, -0.2) is 13.2 Å². The number of urea groups is 1. The number of ether oxygens (including phenoxy) is 1. The minimum atomic E-state index is -3.15. The van der Waals surface area contributed by atoms with Gasteiger partial charge in [0.25, 0.3) is 0 Å². The Balaban J connectivity index is 1.65. The summed E-state index contributed by atoms with van der Waals surface area (Å²) in [5, 5.41) is 5.66. The van der Waals surface area contributed by atoms with Crippen LogP contribution in [0.3, 0.4) is 0 Å². The van der Waals surface area contributed by atoms with E-state index in [0.717, 1.165) is 19.3 Å². The molecule has 2 aliphatic carbocycles. The maximum atomic E-state index is 12.4. The van der Waals surface area contributed by atoms with E-state index >= 15 is 0 Å². The smallest absolute Gasteiger partial charge is 0.319 e. The first kappa shape index (κ1) is 18.7. The molecule has 2 saturated carbocycles. The van der Waals surface area contributed by atoms with Crippen molar-refractivity contribution in [2.45, 2.75) is 31.1 Å². The van der Waals surface area contributed by atoms with Gasteiger partial charge >= 0.3 is 12.0 Å². The second-order valence-electron chi connectivity index (χ2n) is 7.28. The lowest BCUT2D eigenvalue weighted by Crippen LogP contribution is -2.48. The van der Waals surface area contributed by atoms with Gasteiger partial charge in [0.15, 0.2) is 9.84 Å². The molecule has 2 bridgehead atoms. The monoisotopic (exact) mass is 380 g/mol. The summed E-state index contributed by atoms with van der Waals surface area (Å²) in [7, 11) is -1.77. The van der Waals surface area contributed by atoms with Gasteiger partial charge in [-0.05, 0) is 48.8 Å². The Morgan fingerprint density at radius 3 is 2.65 bits per heavy atom. The zero-order valence-electron chi connectivity index (χ0n) is 14.9. The largest absolute Gasteiger partial charge is 0.469 e. The lowest BCUT2D eigenvalue weighted by atomic mass is 9.84. The van der Waals surface area contributed by atoms with Crippen LogP contribution < -0.4 is 10.6 Å². The Labute approximate surface area is 153 Å². The van der Waals surface area contributed by atoms with E-state index in [9.17, 15) is 18.0 Å². The summed E-state index contributed by atoms with van der Waals surface area (Å²) in [6.45, 7) is 0. The van der Waals surface area contributed by atoms with Crippen LogP contribution in [0.5, 0.6) is 0 Å². The molecule has 2 amide bonds. The van der Waals surface area contributed by atoms with Crippen LogP contribution in [0, 0.1) is 17.8 Å². The average Bonchev–Trinajstić information content (AvgIpc) is 3.14. The third kappa shape index (κ3) is 4.17.